The number of aryl methyl sites for hydroxylation is 1. The van der Waals surface area contributed by atoms with Crippen molar-refractivity contribution in [2.45, 2.75) is 50.7 Å². The van der Waals surface area contributed by atoms with Crippen LogP contribution in [0.1, 0.15) is 37.7 Å². The van der Waals surface area contributed by atoms with Gasteiger partial charge in [0.15, 0.2) is 0 Å². The second-order valence-electron chi connectivity index (χ2n) is 4.97. The highest BCUT2D eigenvalue weighted by Crippen LogP contribution is 2.18. The van der Waals surface area contributed by atoms with Crippen molar-refractivity contribution in [3.05, 3.63) is 30.1 Å². The standard InChI is InChI=1S/C14H23N3O/c15-17-13(5-6-14-2-1-11-18-14)4-3-12-7-9-16-10-8-12/h7-10,13-14,17H,1-6,11,15H2. The van der Waals surface area contributed by atoms with Gasteiger partial charge in [0.05, 0.1) is 6.10 Å². The van der Waals surface area contributed by atoms with Crippen LogP contribution in [0.15, 0.2) is 24.5 Å². The fraction of sp³-hybridized carbons (Fsp3) is 0.643. The number of rotatable bonds is 7. The molecule has 0 bridgehead atoms. The number of ether oxygens (including phenoxy) is 1. The van der Waals surface area contributed by atoms with E-state index in [1.165, 1.54) is 18.4 Å². The van der Waals surface area contributed by atoms with Gasteiger partial charge in [-0.25, -0.2) is 0 Å². The summed E-state index contributed by atoms with van der Waals surface area (Å²) in [6.45, 7) is 0.933. The van der Waals surface area contributed by atoms with Crippen LogP contribution in [0.3, 0.4) is 0 Å². The zero-order chi connectivity index (χ0) is 12.6. The molecule has 1 aromatic heterocycles. The number of hydrogen-bond donors (Lipinski definition) is 2. The van der Waals surface area contributed by atoms with Gasteiger partial charge in [-0.05, 0) is 56.2 Å². The van der Waals surface area contributed by atoms with Crippen molar-refractivity contribution >= 4 is 0 Å². The van der Waals surface area contributed by atoms with Crippen LogP contribution in [-0.2, 0) is 11.2 Å². The third-order valence-corrected chi connectivity index (χ3v) is 3.63. The number of pyridine rings is 1. The number of nitrogens with zero attached hydrogens (tertiary/aromatic N) is 1. The smallest absolute Gasteiger partial charge is 0.0576 e. The lowest BCUT2D eigenvalue weighted by molar-refractivity contribution is 0.0993. The van der Waals surface area contributed by atoms with Crippen LogP contribution in [-0.4, -0.2) is 23.7 Å². The van der Waals surface area contributed by atoms with Crippen LogP contribution in [0, 0.1) is 0 Å². The van der Waals surface area contributed by atoms with Crippen molar-refractivity contribution in [2.75, 3.05) is 6.61 Å². The van der Waals surface area contributed by atoms with Crippen molar-refractivity contribution in [3.8, 4) is 0 Å². The van der Waals surface area contributed by atoms with Gasteiger partial charge < -0.3 is 4.74 Å². The van der Waals surface area contributed by atoms with E-state index in [2.05, 4.69) is 22.5 Å². The molecule has 0 aliphatic carbocycles. The van der Waals surface area contributed by atoms with Gasteiger partial charge in [-0.2, -0.15) is 0 Å². The van der Waals surface area contributed by atoms with Crippen LogP contribution in [0.2, 0.25) is 0 Å². The fourth-order valence-electron chi connectivity index (χ4n) is 2.46. The molecule has 0 amide bonds. The maximum Gasteiger partial charge on any atom is 0.0576 e. The molecule has 4 nitrogen and oxygen atoms in total. The van der Waals surface area contributed by atoms with E-state index >= 15 is 0 Å². The van der Waals surface area contributed by atoms with Crippen molar-refractivity contribution in [3.63, 3.8) is 0 Å². The van der Waals surface area contributed by atoms with Crippen molar-refractivity contribution in [1.29, 1.82) is 0 Å². The number of hydrogen-bond acceptors (Lipinski definition) is 4. The topological polar surface area (TPSA) is 60.2 Å². The molecule has 1 aliphatic heterocycles. The van der Waals surface area contributed by atoms with E-state index < -0.39 is 0 Å². The zero-order valence-electron chi connectivity index (χ0n) is 10.8. The minimum absolute atomic E-state index is 0.377. The Bertz CT molecular complexity index is 325. The van der Waals surface area contributed by atoms with Gasteiger partial charge in [-0.3, -0.25) is 16.3 Å². The summed E-state index contributed by atoms with van der Waals surface area (Å²) < 4.78 is 5.63. The van der Waals surface area contributed by atoms with E-state index in [9.17, 15) is 0 Å². The van der Waals surface area contributed by atoms with E-state index in [-0.39, 0.29) is 0 Å². The first-order chi connectivity index (χ1) is 8.88. The Morgan fingerprint density at radius 2 is 2.22 bits per heavy atom. The molecule has 2 rings (SSSR count). The minimum atomic E-state index is 0.377. The Labute approximate surface area is 109 Å². The lowest BCUT2D eigenvalue weighted by Crippen LogP contribution is -2.36. The number of nitrogens with one attached hydrogen (secondary N) is 1. The molecule has 1 aliphatic rings. The van der Waals surface area contributed by atoms with Gasteiger partial charge in [0.25, 0.3) is 0 Å². The average molecular weight is 249 g/mol. The first-order valence-electron chi connectivity index (χ1n) is 6.85. The molecular weight excluding hydrogens is 226 g/mol. The lowest BCUT2D eigenvalue weighted by Gasteiger charge is -2.17. The summed E-state index contributed by atoms with van der Waals surface area (Å²) in [6, 6.07) is 4.50. The first-order valence-corrected chi connectivity index (χ1v) is 6.85. The van der Waals surface area contributed by atoms with Gasteiger partial charge >= 0.3 is 0 Å². The Morgan fingerprint density at radius 1 is 1.39 bits per heavy atom. The maximum absolute atomic E-state index is 5.63. The number of nitrogens with two attached hydrogens (primary N) is 1. The summed E-state index contributed by atoms with van der Waals surface area (Å²) in [4.78, 5) is 4.02. The predicted molar refractivity (Wildman–Crippen MR) is 71.9 cm³/mol. The number of aromatic nitrogens is 1. The molecule has 4 heteroatoms. The normalized spacial score (nSPS) is 21.1. The molecule has 1 fully saturated rings. The van der Waals surface area contributed by atoms with Crippen LogP contribution in [0.25, 0.3) is 0 Å². The highest BCUT2D eigenvalue weighted by molar-refractivity contribution is 5.09. The second-order valence-corrected chi connectivity index (χ2v) is 4.97. The molecule has 0 aromatic carbocycles. The summed E-state index contributed by atoms with van der Waals surface area (Å²) in [5.41, 5.74) is 4.25. The summed E-state index contributed by atoms with van der Waals surface area (Å²) in [6.07, 6.45) is 10.9. The Hall–Kier alpha value is -0.970. The summed E-state index contributed by atoms with van der Waals surface area (Å²) in [5, 5.41) is 0. The monoisotopic (exact) mass is 249 g/mol. The lowest BCUT2D eigenvalue weighted by atomic mass is 10.0. The SMILES string of the molecule is NNC(CCc1ccncc1)CCC1CCCO1. The highest BCUT2D eigenvalue weighted by atomic mass is 16.5. The minimum Gasteiger partial charge on any atom is -0.378 e. The molecule has 0 saturated carbocycles. The number of hydrazine groups is 1. The highest BCUT2D eigenvalue weighted by Gasteiger charge is 2.17. The molecule has 18 heavy (non-hydrogen) atoms. The van der Waals surface area contributed by atoms with Crippen LogP contribution in [0.4, 0.5) is 0 Å². The Kier molecular flexibility index (Phi) is 5.58. The van der Waals surface area contributed by atoms with Crippen molar-refractivity contribution in [2.24, 2.45) is 5.84 Å². The van der Waals surface area contributed by atoms with E-state index in [0.29, 0.717) is 12.1 Å². The summed E-state index contributed by atoms with van der Waals surface area (Å²) in [5.74, 6) is 5.62. The molecule has 0 radical (unpaired) electrons. The van der Waals surface area contributed by atoms with E-state index in [1.54, 1.807) is 0 Å². The predicted octanol–water partition coefficient (Wildman–Crippen LogP) is 1.81. The van der Waals surface area contributed by atoms with E-state index in [4.69, 9.17) is 10.6 Å². The molecule has 100 valence electrons. The molecule has 1 saturated heterocycles. The maximum atomic E-state index is 5.63. The van der Waals surface area contributed by atoms with Gasteiger partial charge in [0, 0.05) is 25.0 Å². The fourth-order valence-corrected chi connectivity index (χ4v) is 2.46. The molecule has 2 heterocycles. The van der Waals surface area contributed by atoms with Gasteiger partial charge in [0.1, 0.15) is 0 Å². The van der Waals surface area contributed by atoms with Gasteiger partial charge in [0.2, 0.25) is 0 Å². The van der Waals surface area contributed by atoms with Gasteiger partial charge in [-0.1, -0.05) is 0 Å². The third kappa shape index (κ3) is 4.37. The quantitative estimate of drug-likeness (QED) is 0.571. The van der Waals surface area contributed by atoms with E-state index in [1.807, 2.05) is 12.4 Å². The Balaban J connectivity index is 1.68. The molecule has 3 N–H and O–H groups in total. The average Bonchev–Trinajstić information content (AvgIpc) is 2.93. The molecule has 2 atom stereocenters. The van der Waals surface area contributed by atoms with Crippen LogP contribution >= 0.6 is 0 Å². The van der Waals surface area contributed by atoms with Crippen LogP contribution < -0.4 is 11.3 Å². The van der Waals surface area contributed by atoms with Crippen molar-refractivity contribution < 1.29 is 4.74 Å². The summed E-state index contributed by atoms with van der Waals surface area (Å²) in [7, 11) is 0. The zero-order valence-corrected chi connectivity index (χ0v) is 10.8. The molecule has 1 aromatic rings. The molecular formula is C14H23N3O. The van der Waals surface area contributed by atoms with Crippen molar-refractivity contribution in [1.82, 2.24) is 10.4 Å². The summed E-state index contributed by atoms with van der Waals surface area (Å²) >= 11 is 0. The van der Waals surface area contributed by atoms with Gasteiger partial charge in [-0.15, -0.1) is 0 Å². The Morgan fingerprint density at radius 3 is 2.89 bits per heavy atom. The van der Waals surface area contributed by atoms with Crippen LogP contribution in [0.5, 0.6) is 0 Å². The second kappa shape index (κ2) is 7.46. The largest absolute Gasteiger partial charge is 0.378 e. The third-order valence-electron chi connectivity index (χ3n) is 3.63. The first kappa shape index (κ1) is 13.5. The molecule has 0 spiro atoms. The molecule has 2 unspecified atom stereocenters. The van der Waals surface area contributed by atoms with E-state index in [0.717, 1.165) is 32.3 Å².